The maximum Gasteiger partial charge on any atom is -0.0365 e. The largest absolute Gasteiger partial charge is 0.0654 e. The fourth-order valence-electron chi connectivity index (χ4n) is 2.56. The zero-order chi connectivity index (χ0) is 11.7. The third-order valence-corrected chi connectivity index (χ3v) is 3.87. The molecule has 0 N–H and O–H groups in total. The predicted octanol–water partition coefficient (Wildman–Crippen LogP) is 5.67. The van der Waals surface area contributed by atoms with E-state index in [1.165, 1.54) is 44.9 Å². The van der Waals surface area contributed by atoms with E-state index in [1.807, 2.05) is 0 Å². The van der Waals surface area contributed by atoms with Gasteiger partial charge in [0.05, 0.1) is 0 Å². The van der Waals surface area contributed by atoms with Gasteiger partial charge in [-0.2, -0.15) is 0 Å². The first-order valence-electron chi connectivity index (χ1n) is 7.13. The molecular weight excluding hydrogens is 180 g/mol. The zero-order valence-corrected chi connectivity index (χ0v) is 11.7. The first kappa shape index (κ1) is 15.0. The van der Waals surface area contributed by atoms with Gasteiger partial charge in [-0.1, -0.05) is 73.1 Å². The molecule has 0 nitrogen and oxygen atoms in total. The highest BCUT2D eigenvalue weighted by Crippen LogP contribution is 2.28. The van der Waals surface area contributed by atoms with E-state index in [9.17, 15) is 0 Å². The van der Waals surface area contributed by atoms with Gasteiger partial charge < -0.3 is 0 Å². The number of hydrogen-bond acceptors (Lipinski definition) is 0. The summed E-state index contributed by atoms with van der Waals surface area (Å²) in [6, 6.07) is 0. The number of unbranched alkanes of at least 4 members (excludes halogenated alkanes) is 4. The van der Waals surface area contributed by atoms with E-state index in [1.54, 1.807) is 0 Å². The van der Waals surface area contributed by atoms with Crippen molar-refractivity contribution < 1.29 is 0 Å². The summed E-state index contributed by atoms with van der Waals surface area (Å²) in [5.74, 6) is 2.74. The molecule has 0 fully saturated rings. The standard InChI is InChI=1S/C15H32/c1-6-8-9-10-11-12-15(13(3)4)14(5)7-2/h13-15H,6-12H2,1-5H3. The molecule has 0 heteroatoms. The van der Waals surface area contributed by atoms with Gasteiger partial charge in [0.2, 0.25) is 0 Å². The maximum atomic E-state index is 2.43. The highest BCUT2D eigenvalue weighted by atomic mass is 14.2. The summed E-state index contributed by atoms with van der Waals surface area (Å²) >= 11 is 0. The molecule has 92 valence electrons. The molecule has 0 amide bonds. The highest BCUT2D eigenvalue weighted by molar-refractivity contribution is 4.69. The summed E-state index contributed by atoms with van der Waals surface area (Å²) in [6.45, 7) is 11.8. The van der Waals surface area contributed by atoms with E-state index >= 15 is 0 Å². The molecule has 2 atom stereocenters. The van der Waals surface area contributed by atoms with E-state index in [4.69, 9.17) is 0 Å². The Morgan fingerprint density at radius 3 is 1.87 bits per heavy atom. The summed E-state index contributed by atoms with van der Waals surface area (Å²) in [4.78, 5) is 0. The van der Waals surface area contributed by atoms with Crippen LogP contribution in [0.3, 0.4) is 0 Å². The van der Waals surface area contributed by atoms with Gasteiger partial charge in [0.15, 0.2) is 0 Å². The van der Waals surface area contributed by atoms with E-state index in [2.05, 4.69) is 34.6 Å². The molecule has 0 aliphatic carbocycles. The van der Waals surface area contributed by atoms with Crippen molar-refractivity contribution in [1.29, 1.82) is 0 Å². The Bertz CT molecular complexity index is 126. The Morgan fingerprint density at radius 2 is 1.40 bits per heavy atom. The minimum atomic E-state index is 0.867. The molecule has 0 saturated heterocycles. The SMILES string of the molecule is CCCCCCCC(C(C)C)C(C)CC. The van der Waals surface area contributed by atoms with Gasteiger partial charge in [-0.25, -0.2) is 0 Å². The monoisotopic (exact) mass is 212 g/mol. The molecule has 0 bridgehead atoms. The molecular formula is C15H32. The Balaban J connectivity index is 3.67. The second-order valence-corrected chi connectivity index (χ2v) is 5.50. The lowest BCUT2D eigenvalue weighted by atomic mass is 9.79. The topological polar surface area (TPSA) is 0 Å². The molecule has 0 aliphatic heterocycles. The molecule has 15 heavy (non-hydrogen) atoms. The fraction of sp³-hybridized carbons (Fsp3) is 1.00. The Kier molecular flexibility index (Phi) is 9.24. The maximum absolute atomic E-state index is 2.43. The normalized spacial score (nSPS) is 15.6. The minimum absolute atomic E-state index is 0.867. The Labute approximate surface area is 97.8 Å². The highest BCUT2D eigenvalue weighted by Gasteiger charge is 2.18. The molecule has 0 saturated carbocycles. The van der Waals surface area contributed by atoms with Crippen LogP contribution in [0.25, 0.3) is 0 Å². The second-order valence-electron chi connectivity index (χ2n) is 5.50. The van der Waals surface area contributed by atoms with Crippen molar-refractivity contribution in [3.8, 4) is 0 Å². The van der Waals surface area contributed by atoms with Gasteiger partial charge >= 0.3 is 0 Å². The third-order valence-electron chi connectivity index (χ3n) is 3.87. The van der Waals surface area contributed by atoms with Crippen molar-refractivity contribution in [3.05, 3.63) is 0 Å². The van der Waals surface area contributed by atoms with Crippen LogP contribution in [0.5, 0.6) is 0 Å². The smallest absolute Gasteiger partial charge is 0.0365 e. The third kappa shape index (κ3) is 6.98. The molecule has 0 aliphatic rings. The molecule has 0 radical (unpaired) electrons. The van der Waals surface area contributed by atoms with E-state index < -0.39 is 0 Å². The van der Waals surface area contributed by atoms with Crippen LogP contribution in [0.4, 0.5) is 0 Å². The van der Waals surface area contributed by atoms with Gasteiger partial charge in [-0.3, -0.25) is 0 Å². The fourth-order valence-corrected chi connectivity index (χ4v) is 2.56. The lowest BCUT2D eigenvalue weighted by molar-refractivity contribution is 0.240. The van der Waals surface area contributed by atoms with Crippen LogP contribution in [0.1, 0.15) is 79.6 Å². The molecule has 0 aromatic heterocycles. The van der Waals surface area contributed by atoms with Gasteiger partial charge in [-0.15, -0.1) is 0 Å². The molecule has 0 aromatic carbocycles. The van der Waals surface area contributed by atoms with Crippen LogP contribution in [0.2, 0.25) is 0 Å². The zero-order valence-electron chi connectivity index (χ0n) is 11.7. The Hall–Kier alpha value is 0. The van der Waals surface area contributed by atoms with E-state index in [0.29, 0.717) is 0 Å². The van der Waals surface area contributed by atoms with Gasteiger partial charge in [-0.05, 0) is 24.2 Å². The van der Waals surface area contributed by atoms with Crippen molar-refractivity contribution in [2.24, 2.45) is 17.8 Å². The summed E-state index contributed by atoms with van der Waals surface area (Å²) in [5, 5.41) is 0. The lowest BCUT2D eigenvalue weighted by Gasteiger charge is -2.26. The van der Waals surface area contributed by atoms with Gasteiger partial charge in [0, 0.05) is 0 Å². The summed E-state index contributed by atoms with van der Waals surface area (Å²) in [5.41, 5.74) is 0. The number of hydrogen-bond donors (Lipinski definition) is 0. The van der Waals surface area contributed by atoms with Crippen LogP contribution in [-0.2, 0) is 0 Å². The molecule has 2 unspecified atom stereocenters. The first-order chi connectivity index (χ1) is 7.13. The van der Waals surface area contributed by atoms with Crippen molar-refractivity contribution in [1.82, 2.24) is 0 Å². The quantitative estimate of drug-likeness (QED) is 0.432. The average Bonchev–Trinajstić information content (AvgIpc) is 2.22. The molecule has 0 rings (SSSR count). The number of rotatable bonds is 9. The summed E-state index contributed by atoms with van der Waals surface area (Å²) < 4.78 is 0. The van der Waals surface area contributed by atoms with Crippen molar-refractivity contribution in [3.63, 3.8) is 0 Å². The summed E-state index contributed by atoms with van der Waals surface area (Å²) in [7, 11) is 0. The Morgan fingerprint density at radius 1 is 0.800 bits per heavy atom. The van der Waals surface area contributed by atoms with Crippen LogP contribution in [0.15, 0.2) is 0 Å². The molecule has 0 spiro atoms. The lowest BCUT2D eigenvalue weighted by Crippen LogP contribution is -2.17. The van der Waals surface area contributed by atoms with Crippen molar-refractivity contribution in [2.45, 2.75) is 79.6 Å². The van der Waals surface area contributed by atoms with Crippen molar-refractivity contribution in [2.75, 3.05) is 0 Å². The first-order valence-corrected chi connectivity index (χ1v) is 7.13. The second kappa shape index (κ2) is 9.24. The van der Waals surface area contributed by atoms with Crippen LogP contribution in [0, 0.1) is 17.8 Å². The predicted molar refractivity (Wildman–Crippen MR) is 71.2 cm³/mol. The van der Waals surface area contributed by atoms with Crippen LogP contribution >= 0.6 is 0 Å². The average molecular weight is 212 g/mol. The van der Waals surface area contributed by atoms with Crippen molar-refractivity contribution >= 4 is 0 Å². The van der Waals surface area contributed by atoms with E-state index in [0.717, 1.165) is 17.8 Å². The van der Waals surface area contributed by atoms with Gasteiger partial charge in [0.1, 0.15) is 0 Å². The molecule has 0 aromatic rings. The minimum Gasteiger partial charge on any atom is -0.0654 e. The van der Waals surface area contributed by atoms with Crippen LogP contribution in [-0.4, -0.2) is 0 Å². The van der Waals surface area contributed by atoms with Gasteiger partial charge in [0.25, 0.3) is 0 Å². The summed E-state index contributed by atoms with van der Waals surface area (Å²) in [6.07, 6.45) is 9.94. The van der Waals surface area contributed by atoms with E-state index in [-0.39, 0.29) is 0 Å². The van der Waals surface area contributed by atoms with Crippen LogP contribution < -0.4 is 0 Å². The molecule has 0 heterocycles.